The predicted octanol–water partition coefficient (Wildman–Crippen LogP) is 6.62. The van der Waals surface area contributed by atoms with Crippen LogP contribution in [0.15, 0.2) is 36.4 Å². The first-order chi connectivity index (χ1) is 10.5. The lowest BCUT2D eigenvalue weighted by Gasteiger charge is -2.13. The standard InChI is InChI=1S/C15H8Cl2F6/c16-12-3-1-10(14(18,19)20)6-8(12)5-9-7-11(15(21,22)23)2-4-13(9)17/h1-4,6-7H,5H2. The molecule has 0 amide bonds. The molecule has 2 aromatic rings. The van der Waals surface area contributed by atoms with Crippen LogP contribution in [-0.2, 0) is 18.8 Å². The summed E-state index contributed by atoms with van der Waals surface area (Å²) in [6.45, 7) is 0. The van der Waals surface area contributed by atoms with Gasteiger partial charge in [0.1, 0.15) is 0 Å². The maximum absolute atomic E-state index is 12.7. The monoisotopic (exact) mass is 372 g/mol. The molecule has 0 heterocycles. The van der Waals surface area contributed by atoms with Crippen molar-refractivity contribution in [3.05, 3.63) is 68.7 Å². The van der Waals surface area contributed by atoms with Gasteiger partial charge in [-0.2, -0.15) is 26.3 Å². The largest absolute Gasteiger partial charge is 0.416 e. The van der Waals surface area contributed by atoms with Crippen LogP contribution in [0.25, 0.3) is 0 Å². The molecule has 2 aromatic carbocycles. The fourth-order valence-electron chi connectivity index (χ4n) is 1.98. The average molecular weight is 373 g/mol. The van der Waals surface area contributed by atoms with Gasteiger partial charge in [0.05, 0.1) is 11.1 Å². The molecule has 0 aliphatic carbocycles. The molecule has 2 rings (SSSR count). The highest BCUT2D eigenvalue weighted by Crippen LogP contribution is 2.35. The van der Waals surface area contributed by atoms with Crippen LogP contribution >= 0.6 is 23.2 Å². The second kappa shape index (κ2) is 6.24. The van der Waals surface area contributed by atoms with Gasteiger partial charge in [0.2, 0.25) is 0 Å². The number of alkyl halides is 6. The Labute approximate surface area is 137 Å². The lowest BCUT2D eigenvalue weighted by atomic mass is 10.0. The molecule has 0 saturated carbocycles. The fourth-order valence-corrected chi connectivity index (χ4v) is 2.35. The van der Waals surface area contributed by atoms with E-state index in [1.165, 1.54) is 0 Å². The highest BCUT2D eigenvalue weighted by Gasteiger charge is 2.32. The first-order valence-corrected chi connectivity index (χ1v) is 6.95. The molecule has 0 saturated heterocycles. The van der Waals surface area contributed by atoms with Crippen LogP contribution in [0.2, 0.25) is 10.0 Å². The van der Waals surface area contributed by atoms with Crippen molar-refractivity contribution in [3.63, 3.8) is 0 Å². The van der Waals surface area contributed by atoms with E-state index in [9.17, 15) is 26.3 Å². The fraction of sp³-hybridized carbons (Fsp3) is 0.200. The molecule has 124 valence electrons. The van der Waals surface area contributed by atoms with E-state index in [0.29, 0.717) is 0 Å². The van der Waals surface area contributed by atoms with Crippen molar-refractivity contribution in [1.29, 1.82) is 0 Å². The summed E-state index contributed by atoms with van der Waals surface area (Å²) in [7, 11) is 0. The maximum atomic E-state index is 12.7. The molecule has 0 bridgehead atoms. The minimum Gasteiger partial charge on any atom is -0.166 e. The molecular formula is C15H8Cl2F6. The molecule has 0 aliphatic heterocycles. The van der Waals surface area contributed by atoms with Gasteiger partial charge in [0, 0.05) is 16.5 Å². The molecule has 0 radical (unpaired) electrons. The number of rotatable bonds is 2. The van der Waals surface area contributed by atoms with Crippen LogP contribution in [0.3, 0.4) is 0 Å². The molecule has 0 spiro atoms. The molecule has 0 fully saturated rings. The quantitative estimate of drug-likeness (QED) is 0.519. The summed E-state index contributed by atoms with van der Waals surface area (Å²) in [6, 6.07) is 5.33. The molecular weight excluding hydrogens is 365 g/mol. The number of benzene rings is 2. The van der Waals surface area contributed by atoms with Gasteiger partial charge in [-0.25, -0.2) is 0 Å². The van der Waals surface area contributed by atoms with E-state index in [-0.39, 0.29) is 27.6 Å². The first-order valence-electron chi connectivity index (χ1n) is 6.20. The zero-order valence-corrected chi connectivity index (χ0v) is 12.7. The van der Waals surface area contributed by atoms with E-state index in [4.69, 9.17) is 23.2 Å². The zero-order valence-electron chi connectivity index (χ0n) is 11.2. The van der Waals surface area contributed by atoms with Gasteiger partial charge < -0.3 is 0 Å². The van der Waals surface area contributed by atoms with Crippen molar-refractivity contribution in [3.8, 4) is 0 Å². The van der Waals surface area contributed by atoms with Crippen LogP contribution in [0, 0.1) is 0 Å². The average Bonchev–Trinajstić information content (AvgIpc) is 2.41. The third kappa shape index (κ3) is 4.32. The van der Waals surface area contributed by atoms with E-state index in [0.717, 1.165) is 36.4 Å². The van der Waals surface area contributed by atoms with Crippen molar-refractivity contribution in [2.24, 2.45) is 0 Å². The first kappa shape index (κ1) is 17.9. The van der Waals surface area contributed by atoms with E-state index >= 15 is 0 Å². The van der Waals surface area contributed by atoms with Crippen molar-refractivity contribution < 1.29 is 26.3 Å². The topological polar surface area (TPSA) is 0 Å². The zero-order chi connectivity index (χ0) is 17.4. The highest BCUT2D eigenvalue weighted by atomic mass is 35.5. The van der Waals surface area contributed by atoms with Gasteiger partial charge in [-0.1, -0.05) is 23.2 Å². The molecule has 8 heteroatoms. The molecule has 0 atom stereocenters. The molecule has 0 N–H and O–H groups in total. The van der Waals surface area contributed by atoms with Gasteiger partial charge in [-0.05, 0) is 47.5 Å². The summed E-state index contributed by atoms with van der Waals surface area (Å²) in [5, 5.41) is 0.0398. The Morgan fingerprint density at radius 1 is 0.652 bits per heavy atom. The van der Waals surface area contributed by atoms with Crippen LogP contribution in [0.5, 0.6) is 0 Å². The molecule has 23 heavy (non-hydrogen) atoms. The SMILES string of the molecule is FC(F)(F)c1ccc(Cl)c(Cc2cc(C(F)(F)F)ccc2Cl)c1. The van der Waals surface area contributed by atoms with Crippen LogP contribution in [0.1, 0.15) is 22.3 Å². The molecule has 0 unspecified atom stereocenters. The second-order valence-electron chi connectivity index (χ2n) is 4.78. The van der Waals surface area contributed by atoms with Crippen molar-refractivity contribution in [1.82, 2.24) is 0 Å². The maximum Gasteiger partial charge on any atom is 0.416 e. The Balaban J connectivity index is 2.43. The lowest BCUT2D eigenvalue weighted by Crippen LogP contribution is -2.07. The Bertz CT molecular complexity index is 657. The normalized spacial score (nSPS) is 12.5. The summed E-state index contributed by atoms with van der Waals surface area (Å²) in [6.07, 6.45) is -9.39. The van der Waals surface area contributed by atoms with Gasteiger partial charge in [0.25, 0.3) is 0 Å². The summed E-state index contributed by atoms with van der Waals surface area (Å²) >= 11 is 11.7. The Hall–Kier alpha value is -1.40. The Morgan fingerprint density at radius 3 is 1.30 bits per heavy atom. The third-order valence-corrected chi connectivity index (χ3v) is 3.86. The van der Waals surface area contributed by atoms with Crippen molar-refractivity contribution in [2.45, 2.75) is 18.8 Å². The van der Waals surface area contributed by atoms with Crippen LogP contribution in [-0.4, -0.2) is 0 Å². The molecule has 0 aliphatic rings. The lowest BCUT2D eigenvalue weighted by molar-refractivity contribution is -0.138. The Kier molecular flexibility index (Phi) is 4.87. The minimum atomic E-state index is -4.57. The summed E-state index contributed by atoms with van der Waals surface area (Å²) in [5.74, 6) is 0. The van der Waals surface area contributed by atoms with Gasteiger partial charge in [0.15, 0.2) is 0 Å². The minimum absolute atomic E-state index is 0.0199. The third-order valence-electron chi connectivity index (χ3n) is 3.13. The number of hydrogen-bond acceptors (Lipinski definition) is 0. The second-order valence-corrected chi connectivity index (χ2v) is 5.60. The van der Waals surface area contributed by atoms with Gasteiger partial charge >= 0.3 is 12.4 Å². The van der Waals surface area contributed by atoms with Gasteiger partial charge in [-0.3, -0.25) is 0 Å². The van der Waals surface area contributed by atoms with E-state index < -0.39 is 23.5 Å². The van der Waals surface area contributed by atoms with Crippen LogP contribution < -0.4 is 0 Å². The van der Waals surface area contributed by atoms with Crippen LogP contribution in [0.4, 0.5) is 26.3 Å². The van der Waals surface area contributed by atoms with Gasteiger partial charge in [-0.15, -0.1) is 0 Å². The number of hydrogen-bond donors (Lipinski definition) is 0. The summed E-state index contributed by atoms with van der Waals surface area (Å²) < 4.78 is 76.3. The molecule has 0 aromatic heterocycles. The van der Waals surface area contributed by atoms with Crippen molar-refractivity contribution in [2.75, 3.05) is 0 Å². The highest BCUT2D eigenvalue weighted by molar-refractivity contribution is 6.32. The summed E-state index contributed by atoms with van der Waals surface area (Å²) in [4.78, 5) is 0. The summed E-state index contributed by atoms with van der Waals surface area (Å²) in [5.41, 5.74) is -1.77. The number of halogens is 8. The van der Waals surface area contributed by atoms with Crippen molar-refractivity contribution >= 4 is 23.2 Å². The van der Waals surface area contributed by atoms with E-state index in [1.54, 1.807) is 0 Å². The van der Waals surface area contributed by atoms with E-state index in [1.807, 2.05) is 0 Å². The predicted molar refractivity (Wildman–Crippen MR) is 75.7 cm³/mol. The van der Waals surface area contributed by atoms with E-state index in [2.05, 4.69) is 0 Å². The Morgan fingerprint density at radius 2 is 1.00 bits per heavy atom. The smallest absolute Gasteiger partial charge is 0.166 e. The molecule has 0 nitrogen and oxygen atoms in total.